The van der Waals surface area contributed by atoms with Gasteiger partial charge in [-0.2, -0.15) is 0 Å². The maximum Gasteiger partial charge on any atom is 0.148 e. The van der Waals surface area contributed by atoms with E-state index in [4.69, 9.17) is 5.84 Å². The Bertz CT molecular complexity index is 394. The van der Waals surface area contributed by atoms with E-state index in [-0.39, 0.29) is 0 Å². The minimum atomic E-state index is 0.470. The van der Waals surface area contributed by atoms with E-state index in [1.165, 1.54) is 12.8 Å². The molecule has 0 spiro atoms. The van der Waals surface area contributed by atoms with Crippen LogP contribution < -0.4 is 16.2 Å². The lowest BCUT2D eigenvalue weighted by Gasteiger charge is -2.31. The number of nitrogens with one attached hydrogen (secondary N) is 1. The number of nitrogens with zero attached hydrogens (tertiary/aromatic N) is 3. The lowest BCUT2D eigenvalue weighted by atomic mass is 10.1. The average molecular weight is 279 g/mol. The van der Waals surface area contributed by atoms with Crippen LogP contribution in [0, 0.1) is 0 Å². The van der Waals surface area contributed by atoms with Crippen LogP contribution in [0.4, 0.5) is 11.6 Å². The van der Waals surface area contributed by atoms with E-state index in [0.717, 1.165) is 43.0 Å². The number of hydrazine groups is 1. The first-order chi connectivity index (χ1) is 9.69. The lowest BCUT2D eigenvalue weighted by Crippen LogP contribution is -2.35. The molecular weight excluding hydrogens is 250 g/mol. The van der Waals surface area contributed by atoms with Crippen LogP contribution in [0.15, 0.2) is 6.33 Å². The molecule has 0 aliphatic carbocycles. The van der Waals surface area contributed by atoms with Crippen LogP contribution in [0.25, 0.3) is 0 Å². The molecule has 1 atom stereocenters. The molecule has 1 unspecified atom stereocenters. The number of hydrogen-bond acceptors (Lipinski definition) is 5. The maximum atomic E-state index is 5.60. The number of nitrogens with two attached hydrogens (primary N) is 1. The molecule has 5 nitrogen and oxygen atoms in total. The largest absolute Gasteiger partial charge is 0.354 e. The van der Waals surface area contributed by atoms with E-state index < -0.39 is 0 Å². The Morgan fingerprint density at radius 2 is 2.00 bits per heavy atom. The molecule has 0 aliphatic heterocycles. The summed E-state index contributed by atoms with van der Waals surface area (Å²) < 4.78 is 0. The van der Waals surface area contributed by atoms with Crippen molar-refractivity contribution in [2.45, 2.75) is 65.8 Å². The zero-order valence-electron chi connectivity index (χ0n) is 13.3. The van der Waals surface area contributed by atoms with Crippen molar-refractivity contribution in [3.05, 3.63) is 11.9 Å². The molecule has 0 aromatic carbocycles. The Labute approximate surface area is 123 Å². The van der Waals surface area contributed by atoms with Gasteiger partial charge in [0.25, 0.3) is 0 Å². The average Bonchev–Trinajstić information content (AvgIpc) is 2.48. The SMILES string of the molecule is CCCCN(c1ncnc(NN)c1CCC)C(C)CC. The van der Waals surface area contributed by atoms with Crippen molar-refractivity contribution in [2.75, 3.05) is 16.9 Å². The van der Waals surface area contributed by atoms with Crippen molar-refractivity contribution in [1.29, 1.82) is 0 Å². The zero-order valence-corrected chi connectivity index (χ0v) is 13.3. The van der Waals surface area contributed by atoms with Gasteiger partial charge in [-0.25, -0.2) is 15.8 Å². The van der Waals surface area contributed by atoms with Crippen molar-refractivity contribution in [3.8, 4) is 0 Å². The van der Waals surface area contributed by atoms with Gasteiger partial charge in [-0.05, 0) is 26.2 Å². The second-order valence-electron chi connectivity index (χ2n) is 5.22. The third kappa shape index (κ3) is 4.07. The Morgan fingerprint density at radius 1 is 1.25 bits per heavy atom. The van der Waals surface area contributed by atoms with Crippen molar-refractivity contribution in [3.63, 3.8) is 0 Å². The molecule has 1 heterocycles. The summed E-state index contributed by atoms with van der Waals surface area (Å²) in [5.41, 5.74) is 3.84. The fraction of sp³-hybridized carbons (Fsp3) is 0.733. The number of nitrogen functional groups attached to an aromatic ring is 1. The molecule has 0 amide bonds. The van der Waals surface area contributed by atoms with Crippen LogP contribution in [0.2, 0.25) is 0 Å². The Kier molecular flexibility index (Phi) is 7.30. The van der Waals surface area contributed by atoms with E-state index in [9.17, 15) is 0 Å². The van der Waals surface area contributed by atoms with Crippen molar-refractivity contribution < 1.29 is 0 Å². The van der Waals surface area contributed by atoms with Crippen molar-refractivity contribution in [1.82, 2.24) is 9.97 Å². The molecule has 1 aromatic rings. The Morgan fingerprint density at radius 3 is 2.55 bits per heavy atom. The number of rotatable bonds is 9. The van der Waals surface area contributed by atoms with Gasteiger partial charge in [-0.1, -0.05) is 33.6 Å². The normalized spacial score (nSPS) is 12.2. The summed E-state index contributed by atoms with van der Waals surface area (Å²) in [7, 11) is 0. The molecule has 0 fully saturated rings. The predicted molar refractivity (Wildman–Crippen MR) is 85.8 cm³/mol. The maximum absolute atomic E-state index is 5.60. The van der Waals surface area contributed by atoms with E-state index in [1.807, 2.05) is 0 Å². The van der Waals surface area contributed by atoms with E-state index >= 15 is 0 Å². The van der Waals surface area contributed by atoms with Crippen LogP contribution in [0.3, 0.4) is 0 Å². The topological polar surface area (TPSA) is 67.1 Å². The summed E-state index contributed by atoms with van der Waals surface area (Å²) in [4.78, 5) is 11.2. The molecule has 1 rings (SSSR count). The standard InChI is InChI=1S/C15H29N5/c1-5-8-10-20(12(4)7-3)15-13(9-6-2)14(19-16)17-11-18-15/h11-12H,5-10,16H2,1-4H3,(H,17,18,19). The van der Waals surface area contributed by atoms with Crippen LogP contribution in [0.5, 0.6) is 0 Å². The third-order valence-electron chi connectivity index (χ3n) is 3.71. The highest BCUT2D eigenvalue weighted by atomic mass is 15.3. The first kappa shape index (κ1) is 16.7. The van der Waals surface area contributed by atoms with Gasteiger partial charge in [0.2, 0.25) is 0 Å². The van der Waals surface area contributed by atoms with Gasteiger partial charge in [0.15, 0.2) is 0 Å². The van der Waals surface area contributed by atoms with Gasteiger partial charge in [0, 0.05) is 18.2 Å². The summed E-state index contributed by atoms with van der Waals surface area (Å²) in [6, 6.07) is 0.470. The second-order valence-corrected chi connectivity index (χ2v) is 5.22. The monoisotopic (exact) mass is 279 g/mol. The molecule has 0 bridgehead atoms. The van der Waals surface area contributed by atoms with Gasteiger partial charge in [0.05, 0.1) is 0 Å². The van der Waals surface area contributed by atoms with Crippen LogP contribution in [-0.2, 0) is 6.42 Å². The summed E-state index contributed by atoms with van der Waals surface area (Å²) in [5.74, 6) is 7.39. The Balaban J connectivity index is 3.16. The minimum Gasteiger partial charge on any atom is -0.354 e. The summed E-state index contributed by atoms with van der Waals surface area (Å²) in [5, 5.41) is 0. The highest BCUT2D eigenvalue weighted by Crippen LogP contribution is 2.27. The highest BCUT2D eigenvalue weighted by Gasteiger charge is 2.19. The number of unbranched alkanes of at least 4 members (excludes halogenated alkanes) is 1. The number of aromatic nitrogens is 2. The molecule has 3 N–H and O–H groups in total. The molecule has 0 aliphatic rings. The van der Waals surface area contributed by atoms with Crippen LogP contribution in [-0.4, -0.2) is 22.6 Å². The van der Waals surface area contributed by atoms with Gasteiger partial charge < -0.3 is 10.3 Å². The van der Waals surface area contributed by atoms with Gasteiger partial charge >= 0.3 is 0 Å². The number of hydrogen-bond donors (Lipinski definition) is 2. The minimum absolute atomic E-state index is 0.470. The smallest absolute Gasteiger partial charge is 0.148 e. The zero-order chi connectivity index (χ0) is 15.0. The van der Waals surface area contributed by atoms with Crippen molar-refractivity contribution in [2.24, 2.45) is 5.84 Å². The lowest BCUT2D eigenvalue weighted by molar-refractivity contribution is 0.586. The van der Waals surface area contributed by atoms with Gasteiger partial charge in [0.1, 0.15) is 18.0 Å². The second kappa shape index (κ2) is 8.74. The Hall–Kier alpha value is -1.36. The fourth-order valence-corrected chi connectivity index (χ4v) is 2.34. The molecule has 1 aromatic heterocycles. The van der Waals surface area contributed by atoms with E-state index in [1.54, 1.807) is 6.33 Å². The molecule has 0 saturated carbocycles. The van der Waals surface area contributed by atoms with Crippen LogP contribution >= 0.6 is 0 Å². The van der Waals surface area contributed by atoms with E-state index in [2.05, 4.69) is 48.0 Å². The van der Waals surface area contributed by atoms with Gasteiger partial charge in [-0.15, -0.1) is 0 Å². The fourth-order valence-electron chi connectivity index (χ4n) is 2.34. The predicted octanol–water partition coefficient (Wildman–Crippen LogP) is 3.12. The molecule has 5 heteroatoms. The number of anilines is 2. The molecule has 0 saturated heterocycles. The van der Waals surface area contributed by atoms with Crippen molar-refractivity contribution >= 4 is 11.6 Å². The summed E-state index contributed by atoms with van der Waals surface area (Å²) in [6.45, 7) is 9.88. The molecule has 20 heavy (non-hydrogen) atoms. The van der Waals surface area contributed by atoms with Gasteiger partial charge in [-0.3, -0.25) is 0 Å². The highest BCUT2D eigenvalue weighted by molar-refractivity contribution is 5.58. The quantitative estimate of drug-likeness (QED) is 0.537. The molecule has 0 radical (unpaired) electrons. The molecule has 114 valence electrons. The first-order valence-electron chi connectivity index (χ1n) is 7.76. The van der Waals surface area contributed by atoms with E-state index in [0.29, 0.717) is 6.04 Å². The molecular formula is C15H29N5. The summed E-state index contributed by atoms with van der Waals surface area (Å²) in [6.07, 6.45) is 7.05. The summed E-state index contributed by atoms with van der Waals surface area (Å²) >= 11 is 0. The van der Waals surface area contributed by atoms with Crippen LogP contribution in [0.1, 0.15) is 58.9 Å². The third-order valence-corrected chi connectivity index (χ3v) is 3.71. The first-order valence-corrected chi connectivity index (χ1v) is 7.76.